The summed E-state index contributed by atoms with van der Waals surface area (Å²) >= 11 is 3.61. The first-order valence-electron chi connectivity index (χ1n) is 10.1. The molecule has 6 heteroatoms. The first-order valence-corrected chi connectivity index (χ1v) is 10.9. The lowest BCUT2D eigenvalue weighted by Crippen LogP contribution is -2.10. The molecule has 1 aliphatic rings. The lowest BCUT2D eigenvalue weighted by Gasteiger charge is -2.23. The number of aryl methyl sites for hydroxylation is 2. The van der Waals surface area contributed by atoms with Crippen molar-refractivity contribution in [2.75, 3.05) is 6.61 Å². The molecule has 148 valence electrons. The van der Waals surface area contributed by atoms with Crippen LogP contribution in [0.25, 0.3) is 10.9 Å². The Hall–Kier alpha value is -2.60. The Labute approximate surface area is 178 Å². The van der Waals surface area contributed by atoms with Gasteiger partial charge in [-0.15, -0.1) is 5.10 Å². The number of hydrogen-bond acceptors (Lipinski definition) is 3. The van der Waals surface area contributed by atoms with Crippen LogP contribution < -0.4 is 4.74 Å². The summed E-state index contributed by atoms with van der Waals surface area (Å²) in [6.45, 7) is 1.49. The first-order chi connectivity index (χ1) is 14.3. The maximum atomic E-state index is 5.90. The van der Waals surface area contributed by atoms with Crippen molar-refractivity contribution in [2.24, 2.45) is 0 Å². The van der Waals surface area contributed by atoms with Gasteiger partial charge in [0.05, 0.1) is 12.8 Å². The van der Waals surface area contributed by atoms with Crippen molar-refractivity contribution >= 4 is 26.8 Å². The molecule has 4 aromatic rings. The zero-order valence-corrected chi connectivity index (χ0v) is 17.7. The number of nitrogens with zero attached hydrogens (tertiary/aromatic N) is 3. The maximum absolute atomic E-state index is 5.90. The number of fused-ring (bicyclic) bond motifs is 3. The quantitative estimate of drug-likeness (QED) is 0.396. The third kappa shape index (κ3) is 3.81. The molecule has 2 aromatic carbocycles. The molecule has 0 saturated carbocycles. The van der Waals surface area contributed by atoms with Crippen LogP contribution in [0.4, 0.5) is 0 Å². The van der Waals surface area contributed by atoms with E-state index in [1.807, 2.05) is 10.9 Å². The standard InChI is InChI=1S/C23H23BrN4O/c24-17-7-10-22-21(15-17)20-4-1-3-19(23(20)26-22)16-5-8-18(9-6-16)29-14-2-12-28-13-11-25-27-28/h5-11,13,15,19,26H,1-4,12,14H2. The van der Waals surface area contributed by atoms with Crippen LogP contribution in [0.1, 0.15) is 42.0 Å². The second-order valence-electron chi connectivity index (χ2n) is 7.59. The Bertz CT molecular complexity index is 1100. The summed E-state index contributed by atoms with van der Waals surface area (Å²) in [5.41, 5.74) is 5.45. The number of hydrogen-bond donors (Lipinski definition) is 1. The lowest BCUT2D eigenvalue weighted by molar-refractivity contribution is 0.298. The topological polar surface area (TPSA) is 55.7 Å². The number of rotatable bonds is 6. The fourth-order valence-electron chi connectivity index (χ4n) is 4.33. The number of H-pyrrole nitrogens is 1. The molecular weight excluding hydrogens is 428 g/mol. The molecule has 2 heterocycles. The van der Waals surface area contributed by atoms with Gasteiger partial charge < -0.3 is 9.72 Å². The molecule has 5 nitrogen and oxygen atoms in total. The van der Waals surface area contributed by atoms with Gasteiger partial charge in [0.25, 0.3) is 0 Å². The number of halogens is 1. The van der Waals surface area contributed by atoms with Gasteiger partial charge in [0.2, 0.25) is 0 Å². The van der Waals surface area contributed by atoms with Crippen molar-refractivity contribution in [3.63, 3.8) is 0 Å². The summed E-state index contributed by atoms with van der Waals surface area (Å²) in [4.78, 5) is 3.70. The molecule has 29 heavy (non-hydrogen) atoms. The Morgan fingerprint density at radius 2 is 2.07 bits per heavy atom. The van der Waals surface area contributed by atoms with Gasteiger partial charge in [0, 0.05) is 46.1 Å². The molecule has 1 aliphatic carbocycles. The molecule has 0 spiro atoms. The van der Waals surface area contributed by atoms with Crippen LogP contribution in [0, 0.1) is 0 Å². The predicted octanol–water partition coefficient (Wildman–Crippen LogP) is 5.46. The lowest BCUT2D eigenvalue weighted by atomic mass is 9.82. The van der Waals surface area contributed by atoms with Crippen LogP contribution in [0.2, 0.25) is 0 Å². The van der Waals surface area contributed by atoms with Crippen molar-refractivity contribution in [3.8, 4) is 5.75 Å². The minimum absolute atomic E-state index is 0.422. The Morgan fingerprint density at radius 3 is 2.90 bits per heavy atom. The van der Waals surface area contributed by atoms with Crippen molar-refractivity contribution in [3.05, 3.63) is 76.2 Å². The highest BCUT2D eigenvalue weighted by atomic mass is 79.9. The second-order valence-corrected chi connectivity index (χ2v) is 8.50. The fourth-order valence-corrected chi connectivity index (χ4v) is 4.69. The van der Waals surface area contributed by atoms with Crippen LogP contribution >= 0.6 is 15.9 Å². The van der Waals surface area contributed by atoms with Gasteiger partial charge in [0.15, 0.2) is 0 Å². The van der Waals surface area contributed by atoms with Gasteiger partial charge in [-0.3, -0.25) is 4.68 Å². The molecule has 0 radical (unpaired) electrons. The van der Waals surface area contributed by atoms with Crippen LogP contribution in [0.5, 0.6) is 5.75 Å². The molecule has 0 bridgehead atoms. The number of nitrogens with one attached hydrogen (secondary N) is 1. The SMILES string of the molecule is Brc1ccc2[nH]c3c(c2c1)CCCC3c1ccc(OCCCn2ccnn2)cc1. The first kappa shape index (κ1) is 18.4. The van der Waals surface area contributed by atoms with Crippen molar-refractivity contribution < 1.29 is 4.74 Å². The molecule has 0 saturated heterocycles. The smallest absolute Gasteiger partial charge is 0.119 e. The predicted molar refractivity (Wildman–Crippen MR) is 117 cm³/mol. The molecule has 5 rings (SSSR count). The van der Waals surface area contributed by atoms with E-state index < -0.39 is 0 Å². The average molecular weight is 451 g/mol. The molecule has 0 fully saturated rings. The molecule has 0 amide bonds. The highest BCUT2D eigenvalue weighted by Gasteiger charge is 2.25. The molecule has 0 aliphatic heterocycles. The highest BCUT2D eigenvalue weighted by molar-refractivity contribution is 9.10. The van der Waals surface area contributed by atoms with Gasteiger partial charge in [-0.25, -0.2) is 0 Å². The van der Waals surface area contributed by atoms with E-state index in [4.69, 9.17) is 4.74 Å². The summed E-state index contributed by atoms with van der Waals surface area (Å²) in [6, 6.07) is 15.1. The van der Waals surface area contributed by atoms with E-state index in [1.165, 1.54) is 40.6 Å². The molecular formula is C23H23BrN4O. The number of ether oxygens (including phenoxy) is 1. The summed E-state index contributed by atoms with van der Waals surface area (Å²) in [7, 11) is 0. The van der Waals surface area contributed by atoms with Crippen molar-refractivity contribution in [1.29, 1.82) is 0 Å². The summed E-state index contributed by atoms with van der Waals surface area (Å²) in [5, 5.41) is 9.14. The minimum Gasteiger partial charge on any atom is -0.494 e. The molecule has 2 aromatic heterocycles. The summed E-state index contributed by atoms with van der Waals surface area (Å²) < 4.78 is 8.87. The number of benzene rings is 2. The van der Waals surface area contributed by atoms with Gasteiger partial charge >= 0.3 is 0 Å². The van der Waals surface area contributed by atoms with E-state index in [-0.39, 0.29) is 0 Å². The fraction of sp³-hybridized carbons (Fsp3) is 0.304. The Balaban J connectivity index is 1.29. The van der Waals surface area contributed by atoms with E-state index in [1.54, 1.807) is 6.20 Å². The van der Waals surface area contributed by atoms with Gasteiger partial charge in [0.1, 0.15) is 5.75 Å². The average Bonchev–Trinajstić information content (AvgIpc) is 3.39. The summed E-state index contributed by atoms with van der Waals surface area (Å²) in [6.07, 6.45) is 8.02. The maximum Gasteiger partial charge on any atom is 0.119 e. The third-order valence-corrected chi connectivity index (χ3v) is 6.22. The zero-order valence-electron chi connectivity index (χ0n) is 16.1. The van der Waals surface area contributed by atoms with Crippen LogP contribution in [0.15, 0.2) is 59.3 Å². The van der Waals surface area contributed by atoms with Gasteiger partial charge in [-0.1, -0.05) is 33.3 Å². The van der Waals surface area contributed by atoms with Crippen molar-refractivity contribution in [2.45, 2.75) is 38.1 Å². The number of aromatic amines is 1. The Kier molecular flexibility index (Phi) is 5.10. The second kappa shape index (κ2) is 8.03. The van der Waals surface area contributed by atoms with E-state index in [0.29, 0.717) is 12.5 Å². The van der Waals surface area contributed by atoms with Crippen LogP contribution in [0.3, 0.4) is 0 Å². The van der Waals surface area contributed by atoms with Crippen LogP contribution in [-0.4, -0.2) is 26.6 Å². The third-order valence-electron chi connectivity index (χ3n) is 5.72. The van der Waals surface area contributed by atoms with Gasteiger partial charge in [-0.05, 0) is 60.7 Å². The largest absolute Gasteiger partial charge is 0.494 e. The number of aromatic nitrogens is 4. The van der Waals surface area contributed by atoms with E-state index in [0.717, 1.165) is 29.6 Å². The zero-order chi connectivity index (χ0) is 19.6. The monoisotopic (exact) mass is 450 g/mol. The molecule has 1 N–H and O–H groups in total. The molecule has 1 atom stereocenters. The van der Waals surface area contributed by atoms with Crippen LogP contribution in [-0.2, 0) is 13.0 Å². The van der Waals surface area contributed by atoms with E-state index >= 15 is 0 Å². The molecule has 1 unspecified atom stereocenters. The highest BCUT2D eigenvalue weighted by Crippen LogP contribution is 2.40. The Morgan fingerprint density at radius 1 is 1.17 bits per heavy atom. The van der Waals surface area contributed by atoms with Gasteiger partial charge in [-0.2, -0.15) is 0 Å². The minimum atomic E-state index is 0.422. The van der Waals surface area contributed by atoms with E-state index in [2.05, 4.69) is 73.7 Å². The van der Waals surface area contributed by atoms with Crippen molar-refractivity contribution in [1.82, 2.24) is 20.0 Å². The normalized spacial score (nSPS) is 16.1. The summed E-state index contributed by atoms with van der Waals surface area (Å²) in [5.74, 6) is 1.34. The van der Waals surface area contributed by atoms with E-state index in [9.17, 15) is 0 Å².